The minimum atomic E-state index is -0.849. The average Bonchev–Trinajstić information content (AvgIpc) is 2.45. The molecule has 1 atom stereocenters. The molecule has 1 rings (SSSR count). The maximum Gasteiger partial charge on any atom is 0.328 e. The number of esters is 1. The van der Waals surface area contributed by atoms with Crippen LogP contribution in [0.15, 0.2) is 0 Å². The molecule has 0 aromatic rings. The van der Waals surface area contributed by atoms with Crippen LogP contribution in [0.4, 0.5) is 0 Å². The second-order valence-electron chi connectivity index (χ2n) is 6.59. The van der Waals surface area contributed by atoms with Gasteiger partial charge in [0.1, 0.15) is 11.6 Å². The van der Waals surface area contributed by atoms with Crippen LogP contribution in [0, 0.1) is 5.92 Å². The lowest BCUT2D eigenvalue weighted by atomic mass is 9.90. The zero-order valence-corrected chi connectivity index (χ0v) is 14.4. The molecule has 0 aromatic carbocycles. The van der Waals surface area contributed by atoms with Crippen LogP contribution in [0.1, 0.15) is 47.0 Å². The van der Waals surface area contributed by atoms with Gasteiger partial charge in [0.15, 0.2) is 0 Å². The maximum atomic E-state index is 12.7. The topological polar surface area (TPSA) is 76.7 Å². The number of nitrogens with one attached hydrogen (secondary N) is 2. The van der Waals surface area contributed by atoms with Gasteiger partial charge in [0.05, 0.1) is 6.10 Å². The minimum Gasteiger partial charge on any atom is -0.461 e. The third-order valence-electron chi connectivity index (χ3n) is 3.86. The summed E-state index contributed by atoms with van der Waals surface area (Å²) in [7, 11) is 1.55. The fourth-order valence-corrected chi connectivity index (χ4v) is 2.64. The maximum absolute atomic E-state index is 12.7. The molecular formula is C16H30N2O4. The van der Waals surface area contributed by atoms with Gasteiger partial charge < -0.3 is 20.1 Å². The molecule has 0 spiro atoms. The van der Waals surface area contributed by atoms with Crippen LogP contribution in [0.5, 0.6) is 0 Å². The molecule has 0 unspecified atom stereocenters. The number of rotatable bonds is 7. The highest BCUT2D eigenvalue weighted by molar-refractivity contribution is 5.90. The van der Waals surface area contributed by atoms with Crippen molar-refractivity contribution >= 4 is 11.9 Å². The number of piperidine rings is 1. The molecule has 22 heavy (non-hydrogen) atoms. The monoisotopic (exact) mass is 314 g/mol. The number of carbonyl (C=O) groups is 2. The van der Waals surface area contributed by atoms with Gasteiger partial charge in [-0.2, -0.15) is 0 Å². The first-order valence-electron chi connectivity index (χ1n) is 8.08. The van der Waals surface area contributed by atoms with Crippen molar-refractivity contribution < 1.29 is 19.1 Å². The van der Waals surface area contributed by atoms with E-state index in [2.05, 4.69) is 10.6 Å². The van der Waals surface area contributed by atoms with Crippen molar-refractivity contribution in [3.63, 3.8) is 0 Å². The molecule has 1 saturated heterocycles. The molecule has 128 valence electrons. The molecule has 0 radical (unpaired) electrons. The van der Waals surface area contributed by atoms with E-state index < -0.39 is 11.6 Å². The molecule has 1 aliphatic rings. The molecule has 2 N–H and O–H groups in total. The summed E-state index contributed by atoms with van der Waals surface area (Å²) in [5, 5.41) is 6.06. The van der Waals surface area contributed by atoms with Gasteiger partial charge in [-0.25, -0.2) is 4.79 Å². The van der Waals surface area contributed by atoms with E-state index in [0.717, 1.165) is 13.1 Å². The Morgan fingerprint density at radius 3 is 2.23 bits per heavy atom. The van der Waals surface area contributed by atoms with Crippen molar-refractivity contribution in [3.8, 4) is 0 Å². The van der Waals surface area contributed by atoms with Gasteiger partial charge in [0.2, 0.25) is 0 Å². The van der Waals surface area contributed by atoms with E-state index >= 15 is 0 Å². The SMILES string of the molecule is COC1(C(=O)N[C@@H](CC(C)C)C(=O)OC(C)C)CCNCC1. The first-order valence-corrected chi connectivity index (χ1v) is 8.08. The van der Waals surface area contributed by atoms with Crippen molar-refractivity contribution in [2.45, 2.75) is 64.7 Å². The van der Waals surface area contributed by atoms with E-state index in [9.17, 15) is 9.59 Å². The average molecular weight is 314 g/mol. The number of methoxy groups -OCH3 is 1. The predicted octanol–water partition coefficient (Wildman–Crippen LogP) is 1.24. The Kier molecular flexibility index (Phi) is 7.29. The van der Waals surface area contributed by atoms with Gasteiger partial charge in [-0.15, -0.1) is 0 Å². The summed E-state index contributed by atoms with van der Waals surface area (Å²) in [6.45, 7) is 9.08. The van der Waals surface area contributed by atoms with E-state index in [1.807, 2.05) is 13.8 Å². The molecule has 0 aliphatic carbocycles. The van der Waals surface area contributed by atoms with Crippen LogP contribution in [0.2, 0.25) is 0 Å². The lowest BCUT2D eigenvalue weighted by Crippen LogP contribution is -2.57. The second-order valence-corrected chi connectivity index (χ2v) is 6.59. The molecule has 1 amide bonds. The van der Waals surface area contributed by atoms with Gasteiger partial charge in [-0.3, -0.25) is 4.79 Å². The molecule has 1 heterocycles. The van der Waals surface area contributed by atoms with Gasteiger partial charge in [-0.1, -0.05) is 13.8 Å². The van der Waals surface area contributed by atoms with Gasteiger partial charge in [-0.05, 0) is 52.1 Å². The third kappa shape index (κ3) is 5.25. The summed E-state index contributed by atoms with van der Waals surface area (Å²) in [6.07, 6.45) is 1.55. The standard InChI is InChI=1S/C16H30N2O4/c1-11(2)10-13(14(19)22-12(3)4)18-15(20)16(21-5)6-8-17-9-7-16/h11-13,17H,6-10H2,1-5H3,(H,18,20)/t13-/m0/s1. The van der Waals surface area contributed by atoms with Gasteiger partial charge in [0, 0.05) is 7.11 Å². The molecule has 1 aliphatic heterocycles. The highest BCUT2D eigenvalue weighted by atomic mass is 16.5. The van der Waals surface area contributed by atoms with Crippen molar-refractivity contribution in [1.29, 1.82) is 0 Å². The zero-order valence-electron chi connectivity index (χ0n) is 14.4. The summed E-state index contributed by atoms with van der Waals surface area (Å²) in [4.78, 5) is 24.9. The van der Waals surface area contributed by atoms with Crippen molar-refractivity contribution in [1.82, 2.24) is 10.6 Å². The van der Waals surface area contributed by atoms with Crippen LogP contribution in [-0.2, 0) is 19.1 Å². The van der Waals surface area contributed by atoms with Crippen molar-refractivity contribution in [3.05, 3.63) is 0 Å². The highest BCUT2D eigenvalue weighted by Crippen LogP contribution is 2.23. The van der Waals surface area contributed by atoms with Crippen molar-refractivity contribution in [2.24, 2.45) is 5.92 Å². The van der Waals surface area contributed by atoms with E-state index in [1.54, 1.807) is 21.0 Å². The Labute approximate surface area is 133 Å². The molecule has 1 fully saturated rings. The fraction of sp³-hybridized carbons (Fsp3) is 0.875. The molecule has 6 nitrogen and oxygen atoms in total. The van der Waals surface area contributed by atoms with Gasteiger partial charge in [0.25, 0.3) is 5.91 Å². The normalized spacial score (nSPS) is 19.0. The number of ether oxygens (including phenoxy) is 2. The quantitative estimate of drug-likeness (QED) is 0.691. The highest BCUT2D eigenvalue weighted by Gasteiger charge is 2.41. The van der Waals surface area contributed by atoms with Crippen LogP contribution >= 0.6 is 0 Å². The minimum absolute atomic E-state index is 0.200. The summed E-state index contributed by atoms with van der Waals surface area (Å²) in [6, 6.07) is -0.628. The van der Waals surface area contributed by atoms with Crippen LogP contribution in [0.3, 0.4) is 0 Å². The number of carbonyl (C=O) groups excluding carboxylic acids is 2. The van der Waals surface area contributed by atoms with E-state index in [4.69, 9.17) is 9.47 Å². The Morgan fingerprint density at radius 2 is 1.77 bits per heavy atom. The molecule has 0 aromatic heterocycles. The van der Waals surface area contributed by atoms with E-state index in [-0.39, 0.29) is 23.9 Å². The molecule has 0 bridgehead atoms. The van der Waals surface area contributed by atoms with Gasteiger partial charge >= 0.3 is 5.97 Å². The first kappa shape index (κ1) is 18.9. The number of hydrogen-bond donors (Lipinski definition) is 2. The molecule has 0 saturated carbocycles. The van der Waals surface area contributed by atoms with Crippen LogP contribution in [0.25, 0.3) is 0 Å². The predicted molar refractivity (Wildman–Crippen MR) is 84.5 cm³/mol. The van der Waals surface area contributed by atoms with Crippen LogP contribution in [-0.4, -0.2) is 49.8 Å². The number of amides is 1. The Bertz CT molecular complexity index is 376. The van der Waals surface area contributed by atoms with E-state index in [1.165, 1.54) is 0 Å². The lowest BCUT2D eigenvalue weighted by Gasteiger charge is -2.36. The van der Waals surface area contributed by atoms with Crippen LogP contribution < -0.4 is 10.6 Å². The zero-order chi connectivity index (χ0) is 16.8. The summed E-state index contributed by atoms with van der Waals surface area (Å²) in [5.74, 6) is -0.323. The molecule has 6 heteroatoms. The summed E-state index contributed by atoms with van der Waals surface area (Å²) >= 11 is 0. The molecular weight excluding hydrogens is 284 g/mol. The Morgan fingerprint density at radius 1 is 1.18 bits per heavy atom. The fourth-order valence-electron chi connectivity index (χ4n) is 2.64. The van der Waals surface area contributed by atoms with Crippen molar-refractivity contribution in [2.75, 3.05) is 20.2 Å². The third-order valence-corrected chi connectivity index (χ3v) is 3.86. The summed E-state index contributed by atoms with van der Waals surface area (Å²) in [5.41, 5.74) is -0.849. The van der Waals surface area contributed by atoms with E-state index in [0.29, 0.717) is 19.3 Å². The smallest absolute Gasteiger partial charge is 0.328 e. The second kappa shape index (κ2) is 8.48. The lowest BCUT2D eigenvalue weighted by molar-refractivity contribution is -0.157. The first-order chi connectivity index (χ1) is 10.3. The largest absolute Gasteiger partial charge is 0.461 e. The summed E-state index contributed by atoms with van der Waals surface area (Å²) < 4.78 is 10.8. The Hall–Kier alpha value is -1.14. The number of hydrogen-bond acceptors (Lipinski definition) is 5. The Balaban J connectivity index is 2.78.